The standard InChI is InChI=1S/C13H13BrN2OS/c1-13(2)5-9-8(10(17)11(13)14)4-7(6-15)12(16-9)18-3/h4,11H,5H2,1-3H3/t11-/m0/s1. The van der Waals surface area contributed by atoms with Crippen molar-refractivity contribution in [1.82, 2.24) is 4.98 Å². The second-order valence-corrected chi connectivity index (χ2v) is 6.75. The van der Waals surface area contributed by atoms with Gasteiger partial charge in [-0.05, 0) is 24.2 Å². The number of rotatable bonds is 1. The van der Waals surface area contributed by atoms with E-state index in [-0.39, 0.29) is 16.0 Å². The summed E-state index contributed by atoms with van der Waals surface area (Å²) in [5.74, 6) is 0.0258. The summed E-state index contributed by atoms with van der Waals surface area (Å²) < 4.78 is 0. The number of ketones is 1. The monoisotopic (exact) mass is 324 g/mol. The smallest absolute Gasteiger partial charge is 0.178 e. The fourth-order valence-electron chi connectivity index (χ4n) is 2.13. The Morgan fingerprint density at radius 1 is 1.61 bits per heavy atom. The summed E-state index contributed by atoms with van der Waals surface area (Å²) in [6.45, 7) is 4.10. The van der Waals surface area contributed by atoms with Gasteiger partial charge < -0.3 is 0 Å². The van der Waals surface area contributed by atoms with Crippen LogP contribution in [-0.4, -0.2) is 21.9 Å². The van der Waals surface area contributed by atoms with Crippen molar-refractivity contribution < 1.29 is 4.79 Å². The molecule has 1 aromatic rings. The molecule has 0 amide bonds. The maximum absolute atomic E-state index is 12.3. The largest absolute Gasteiger partial charge is 0.293 e. The van der Waals surface area contributed by atoms with Crippen LogP contribution in [0, 0.1) is 16.7 Å². The number of carbonyl (C=O) groups is 1. The van der Waals surface area contributed by atoms with Crippen molar-refractivity contribution in [3.8, 4) is 6.07 Å². The average Bonchev–Trinajstić information content (AvgIpc) is 2.34. The van der Waals surface area contributed by atoms with Crippen molar-refractivity contribution >= 4 is 33.5 Å². The third kappa shape index (κ3) is 2.08. The summed E-state index contributed by atoms with van der Waals surface area (Å²) in [4.78, 5) is 16.6. The van der Waals surface area contributed by atoms with Crippen LogP contribution in [-0.2, 0) is 6.42 Å². The minimum Gasteiger partial charge on any atom is -0.293 e. The van der Waals surface area contributed by atoms with Crippen LogP contribution in [0.1, 0.15) is 35.5 Å². The van der Waals surface area contributed by atoms with Gasteiger partial charge in [0.2, 0.25) is 0 Å². The molecule has 0 aliphatic heterocycles. The highest BCUT2D eigenvalue weighted by atomic mass is 79.9. The van der Waals surface area contributed by atoms with Crippen LogP contribution in [0.15, 0.2) is 11.1 Å². The molecule has 5 heteroatoms. The highest BCUT2D eigenvalue weighted by Gasteiger charge is 2.40. The number of thioether (sulfide) groups is 1. The van der Waals surface area contributed by atoms with Crippen molar-refractivity contribution in [2.45, 2.75) is 30.1 Å². The number of hydrogen-bond acceptors (Lipinski definition) is 4. The molecule has 3 nitrogen and oxygen atoms in total. The topological polar surface area (TPSA) is 53.8 Å². The van der Waals surface area contributed by atoms with Crippen molar-refractivity contribution in [2.24, 2.45) is 5.41 Å². The van der Waals surface area contributed by atoms with Crippen LogP contribution < -0.4 is 0 Å². The van der Waals surface area contributed by atoms with Crippen LogP contribution in [0.3, 0.4) is 0 Å². The Hall–Kier alpha value is -0.860. The molecule has 18 heavy (non-hydrogen) atoms. The van der Waals surface area contributed by atoms with E-state index in [0.29, 0.717) is 16.2 Å². The van der Waals surface area contributed by atoms with E-state index < -0.39 is 0 Å². The zero-order valence-corrected chi connectivity index (χ0v) is 12.9. The molecule has 0 radical (unpaired) electrons. The molecule has 1 aliphatic carbocycles. The van der Waals surface area contributed by atoms with Crippen LogP contribution in [0.25, 0.3) is 0 Å². The number of Topliss-reactive ketones (excluding diaryl/α,β-unsaturated/α-hetero) is 1. The van der Waals surface area contributed by atoms with Crippen LogP contribution in [0.2, 0.25) is 0 Å². The molecule has 94 valence electrons. The van der Waals surface area contributed by atoms with Crippen molar-refractivity contribution in [3.05, 3.63) is 22.9 Å². The van der Waals surface area contributed by atoms with E-state index in [1.165, 1.54) is 11.8 Å². The number of hydrogen-bond donors (Lipinski definition) is 0. The van der Waals surface area contributed by atoms with E-state index in [4.69, 9.17) is 5.26 Å². The van der Waals surface area contributed by atoms with Gasteiger partial charge in [0, 0.05) is 5.56 Å². The van der Waals surface area contributed by atoms with Gasteiger partial charge in [0.1, 0.15) is 11.1 Å². The molecule has 1 heterocycles. The fraction of sp³-hybridized carbons (Fsp3) is 0.462. The summed E-state index contributed by atoms with van der Waals surface area (Å²) in [6, 6.07) is 3.78. The Morgan fingerprint density at radius 3 is 2.83 bits per heavy atom. The minimum atomic E-state index is -0.217. The minimum absolute atomic E-state index is 0.0258. The van der Waals surface area contributed by atoms with E-state index in [2.05, 4.69) is 27.0 Å². The molecular formula is C13H13BrN2OS. The predicted molar refractivity (Wildman–Crippen MR) is 75.3 cm³/mol. The maximum atomic E-state index is 12.3. The number of fused-ring (bicyclic) bond motifs is 1. The Bertz CT molecular complexity index is 563. The predicted octanol–water partition coefficient (Wildman–Crippen LogP) is 3.20. The van der Waals surface area contributed by atoms with Gasteiger partial charge in [0.25, 0.3) is 0 Å². The summed E-state index contributed by atoms with van der Waals surface area (Å²) in [6.07, 6.45) is 2.63. The van der Waals surface area contributed by atoms with Crippen LogP contribution >= 0.6 is 27.7 Å². The summed E-state index contributed by atoms with van der Waals surface area (Å²) in [5, 5.41) is 9.78. The van der Waals surface area contributed by atoms with E-state index in [0.717, 1.165) is 12.1 Å². The van der Waals surface area contributed by atoms with Gasteiger partial charge in [-0.2, -0.15) is 5.26 Å². The molecule has 2 rings (SSSR count). The lowest BCUT2D eigenvalue weighted by Crippen LogP contribution is -2.39. The first kappa shape index (κ1) is 13.6. The third-order valence-corrected chi connectivity index (χ3v) is 5.54. The molecule has 0 saturated heterocycles. The Labute approximate surface area is 119 Å². The van der Waals surface area contributed by atoms with E-state index in [1.54, 1.807) is 6.07 Å². The molecule has 0 aromatic carbocycles. The summed E-state index contributed by atoms with van der Waals surface area (Å²) >= 11 is 4.90. The van der Waals surface area contributed by atoms with Gasteiger partial charge in [0.15, 0.2) is 5.78 Å². The van der Waals surface area contributed by atoms with E-state index in [1.807, 2.05) is 20.1 Å². The molecule has 1 atom stereocenters. The fourth-order valence-corrected chi connectivity index (χ4v) is 3.06. The SMILES string of the molecule is CSc1nc2c(cc1C#N)C(=O)[C@H](Br)C(C)(C)C2. The maximum Gasteiger partial charge on any atom is 0.178 e. The van der Waals surface area contributed by atoms with Gasteiger partial charge in [-0.25, -0.2) is 4.98 Å². The number of nitriles is 1. The normalized spacial score (nSPS) is 21.3. The second kappa shape index (κ2) is 4.67. The van der Waals surface area contributed by atoms with Crippen molar-refractivity contribution in [2.75, 3.05) is 6.26 Å². The van der Waals surface area contributed by atoms with Gasteiger partial charge >= 0.3 is 0 Å². The molecule has 0 N–H and O–H groups in total. The van der Waals surface area contributed by atoms with Gasteiger partial charge in [-0.15, -0.1) is 11.8 Å². The summed E-state index contributed by atoms with van der Waals surface area (Å²) in [5.41, 5.74) is 1.73. The zero-order valence-electron chi connectivity index (χ0n) is 10.5. The van der Waals surface area contributed by atoms with Crippen LogP contribution in [0.4, 0.5) is 0 Å². The first-order valence-corrected chi connectivity index (χ1v) is 7.71. The first-order chi connectivity index (χ1) is 8.40. The molecule has 0 fully saturated rings. The van der Waals surface area contributed by atoms with Crippen molar-refractivity contribution in [1.29, 1.82) is 5.26 Å². The lowest BCUT2D eigenvalue weighted by Gasteiger charge is -2.34. The van der Waals surface area contributed by atoms with Gasteiger partial charge in [-0.3, -0.25) is 4.79 Å². The third-order valence-electron chi connectivity index (χ3n) is 3.19. The van der Waals surface area contributed by atoms with E-state index >= 15 is 0 Å². The quantitative estimate of drug-likeness (QED) is 0.588. The average molecular weight is 325 g/mol. The lowest BCUT2D eigenvalue weighted by molar-refractivity contribution is 0.0926. The zero-order chi connectivity index (χ0) is 13.5. The Balaban J connectivity index is 2.62. The van der Waals surface area contributed by atoms with Gasteiger partial charge in [0.05, 0.1) is 16.1 Å². The molecule has 1 aromatic heterocycles. The van der Waals surface area contributed by atoms with Crippen LogP contribution in [0.5, 0.6) is 0 Å². The van der Waals surface area contributed by atoms with Crippen molar-refractivity contribution in [3.63, 3.8) is 0 Å². The Kier molecular flexibility index (Phi) is 3.52. The number of aromatic nitrogens is 1. The van der Waals surface area contributed by atoms with Gasteiger partial charge in [-0.1, -0.05) is 29.8 Å². The number of carbonyl (C=O) groups excluding carboxylic acids is 1. The summed E-state index contributed by atoms with van der Waals surface area (Å²) in [7, 11) is 0. The first-order valence-electron chi connectivity index (χ1n) is 5.57. The molecular weight excluding hydrogens is 312 g/mol. The number of pyridine rings is 1. The number of halogens is 1. The Morgan fingerprint density at radius 2 is 2.28 bits per heavy atom. The molecule has 0 unspecified atom stereocenters. The number of alkyl halides is 1. The molecule has 0 saturated carbocycles. The number of nitrogens with zero attached hydrogens (tertiary/aromatic N) is 2. The van der Waals surface area contributed by atoms with E-state index in [9.17, 15) is 4.79 Å². The molecule has 0 spiro atoms. The highest BCUT2D eigenvalue weighted by Crippen LogP contribution is 2.39. The second-order valence-electron chi connectivity index (χ2n) is 5.04. The highest BCUT2D eigenvalue weighted by molar-refractivity contribution is 9.10. The molecule has 0 bridgehead atoms. The molecule has 1 aliphatic rings. The lowest BCUT2D eigenvalue weighted by atomic mass is 9.75.